The van der Waals surface area contributed by atoms with Crippen LogP contribution in [0.3, 0.4) is 0 Å². The molecule has 0 saturated carbocycles. The summed E-state index contributed by atoms with van der Waals surface area (Å²) in [5.41, 5.74) is -0.977. The van der Waals surface area contributed by atoms with Crippen molar-refractivity contribution in [3.05, 3.63) is 0 Å². The van der Waals surface area contributed by atoms with Crippen molar-refractivity contribution in [3.63, 3.8) is 0 Å². The fraction of sp³-hybridized carbons (Fsp3) is 0.923. The van der Waals surface area contributed by atoms with E-state index in [1.807, 2.05) is 6.92 Å². The Morgan fingerprint density at radius 3 is 2.71 bits per heavy atom. The molecule has 1 rings (SSSR count). The van der Waals surface area contributed by atoms with Crippen LogP contribution in [0.1, 0.15) is 40.0 Å². The van der Waals surface area contributed by atoms with Crippen molar-refractivity contribution in [1.82, 2.24) is 0 Å². The Hall–Kier alpha value is -0.610. The summed E-state index contributed by atoms with van der Waals surface area (Å²) in [5.74, 6) is -0.422. The fourth-order valence-electron chi connectivity index (χ4n) is 2.55. The van der Waals surface area contributed by atoms with Crippen LogP contribution >= 0.6 is 0 Å². The van der Waals surface area contributed by atoms with Crippen LogP contribution in [0.4, 0.5) is 0 Å². The molecule has 4 heteroatoms. The first kappa shape index (κ1) is 14.5. The second kappa shape index (κ2) is 5.83. The zero-order chi connectivity index (χ0) is 13.1. The Bertz CT molecular complexity index is 264. The van der Waals surface area contributed by atoms with Crippen LogP contribution in [-0.2, 0) is 14.3 Å². The quantitative estimate of drug-likeness (QED) is 0.765. The molecule has 4 nitrogen and oxygen atoms in total. The molecule has 1 heterocycles. The highest BCUT2D eigenvalue weighted by molar-refractivity contribution is 5.73. The lowest BCUT2D eigenvalue weighted by molar-refractivity contribution is -0.174. The molecule has 1 N–H and O–H groups in total. The predicted molar refractivity (Wildman–Crippen MR) is 64.6 cm³/mol. The Morgan fingerprint density at radius 2 is 2.24 bits per heavy atom. The molecule has 17 heavy (non-hydrogen) atoms. The molecule has 0 aliphatic carbocycles. The topological polar surface area (TPSA) is 55.8 Å². The molecule has 0 aromatic rings. The zero-order valence-electron chi connectivity index (χ0n) is 11.2. The number of ether oxygens (including phenoxy) is 2. The minimum absolute atomic E-state index is 0.0208. The van der Waals surface area contributed by atoms with E-state index in [2.05, 4.69) is 13.8 Å². The van der Waals surface area contributed by atoms with Gasteiger partial charge in [0.05, 0.1) is 24.7 Å². The van der Waals surface area contributed by atoms with Gasteiger partial charge in [0, 0.05) is 19.4 Å². The van der Waals surface area contributed by atoms with Crippen molar-refractivity contribution < 1.29 is 19.4 Å². The second-order valence-corrected chi connectivity index (χ2v) is 5.19. The van der Waals surface area contributed by atoms with Crippen molar-refractivity contribution in [2.75, 3.05) is 13.7 Å². The Balaban J connectivity index is 2.80. The summed E-state index contributed by atoms with van der Waals surface area (Å²) in [6.45, 7) is 6.54. The van der Waals surface area contributed by atoms with Crippen LogP contribution < -0.4 is 0 Å². The van der Waals surface area contributed by atoms with Gasteiger partial charge in [0.25, 0.3) is 0 Å². The Morgan fingerprint density at radius 1 is 1.59 bits per heavy atom. The minimum Gasteiger partial charge on any atom is -0.469 e. The molecule has 3 unspecified atom stereocenters. The van der Waals surface area contributed by atoms with Crippen LogP contribution in [0, 0.1) is 11.8 Å². The smallest absolute Gasteiger partial charge is 0.311 e. The number of carbonyl (C=O) groups is 1. The van der Waals surface area contributed by atoms with E-state index >= 15 is 0 Å². The van der Waals surface area contributed by atoms with Gasteiger partial charge < -0.3 is 14.6 Å². The first-order chi connectivity index (χ1) is 7.94. The highest BCUT2D eigenvalue weighted by Gasteiger charge is 2.45. The summed E-state index contributed by atoms with van der Waals surface area (Å²) in [7, 11) is 1.37. The molecule has 3 atom stereocenters. The molecular weight excluding hydrogens is 220 g/mol. The summed E-state index contributed by atoms with van der Waals surface area (Å²) in [6.07, 6.45) is 1.63. The van der Waals surface area contributed by atoms with Crippen LogP contribution in [0.15, 0.2) is 0 Å². The summed E-state index contributed by atoms with van der Waals surface area (Å²) in [5, 5.41) is 10.7. The Kier molecular flexibility index (Phi) is 4.95. The third kappa shape index (κ3) is 3.19. The van der Waals surface area contributed by atoms with Gasteiger partial charge in [0.1, 0.15) is 0 Å². The van der Waals surface area contributed by atoms with E-state index in [4.69, 9.17) is 9.47 Å². The Labute approximate surface area is 103 Å². The largest absolute Gasteiger partial charge is 0.469 e. The third-order valence-corrected chi connectivity index (χ3v) is 3.71. The average Bonchev–Trinajstić information content (AvgIpc) is 2.29. The van der Waals surface area contributed by atoms with Gasteiger partial charge in [-0.3, -0.25) is 4.79 Å². The summed E-state index contributed by atoms with van der Waals surface area (Å²) in [4.78, 5) is 11.7. The van der Waals surface area contributed by atoms with Crippen LogP contribution in [0.5, 0.6) is 0 Å². The minimum atomic E-state index is -0.977. The predicted octanol–water partition coefficient (Wildman–Crippen LogP) is 1.75. The molecule has 0 bridgehead atoms. The summed E-state index contributed by atoms with van der Waals surface area (Å²) in [6, 6.07) is 0. The normalized spacial score (nSPS) is 31.3. The van der Waals surface area contributed by atoms with Crippen LogP contribution in [-0.4, -0.2) is 36.5 Å². The molecule has 100 valence electrons. The number of carbonyl (C=O) groups excluding carboxylic acids is 1. The summed E-state index contributed by atoms with van der Waals surface area (Å²) < 4.78 is 10.4. The highest BCUT2D eigenvalue weighted by atomic mass is 16.5. The lowest BCUT2D eigenvalue weighted by Crippen LogP contribution is -2.50. The van der Waals surface area contributed by atoms with Gasteiger partial charge in [0.2, 0.25) is 0 Å². The molecule has 0 aromatic heterocycles. The highest BCUT2D eigenvalue weighted by Crippen LogP contribution is 2.36. The van der Waals surface area contributed by atoms with Gasteiger partial charge in [0.15, 0.2) is 0 Å². The maximum Gasteiger partial charge on any atom is 0.311 e. The van der Waals surface area contributed by atoms with E-state index in [9.17, 15) is 9.90 Å². The van der Waals surface area contributed by atoms with Crippen molar-refractivity contribution in [2.24, 2.45) is 11.8 Å². The van der Waals surface area contributed by atoms with Gasteiger partial charge >= 0.3 is 5.97 Å². The number of hydrogen-bond donors (Lipinski definition) is 1. The van der Waals surface area contributed by atoms with Crippen molar-refractivity contribution >= 4 is 5.97 Å². The van der Waals surface area contributed by atoms with Crippen molar-refractivity contribution in [1.29, 1.82) is 0 Å². The van der Waals surface area contributed by atoms with Crippen molar-refractivity contribution in [3.8, 4) is 0 Å². The van der Waals surface area contributed by atoms with Gasteiger partial charge in [-0.25, -0.2) is 0 Å². The van der Waals surface area contributed by atoms with Gasteiger partial charge in [-0.1, -0.05) is 20.8 Å². The molecule has 0 aromatic carbocycles. The van der Waals surface area contributed by atoms with E-state index < -0.39 is 11.5 Å². The van der Waals surface area contributed by atoms with E-state index in [0.717, 1.165) is 0 Å². The number of aliphatic hydroxyl groups is 1. The average molecular weight is 244 g/mol. The monoisotopic (exact) mass is 244 g/mol. The number of rotatable bonds is 4. The van der Waals surface area contributed by atoms with Gasteiger partial charge in [-0.05, 0) is 12.3 Å². The molecule has 1 fully saturated rings. The first-order valence-corrected chi connectivity index (χ1v) is 6.36. The van der Waals surface area contributed by atoms with Gasteiger partial charge in [-0.2, -0.15) is 0 Å². The summed E-state index contributed by atoms with van der Waals surface area (Å²) >= 11 is 0. The molecule has 0 radical (unpaired) electrons. The van der Waals surface area contributed by atoms with E-state index in [1.165, 1.54) is 7.11 Å². The van der Waals surface area contributed by atoms with Crippen molar-refractivity contribution in [2.45, 2.75) is 51.7 Å². The zero-order valence-corrected chi connectivity index (χ0v) is 11.2. The first-order valence-electron chi connectivity index (χ1n) is 6.36. The molecule has 1 saturated heterocycles. The lowest BCUT2D eigenvalue weighted by atomic mass is 9.76. The molecule has 1 aliphatic rings. The molecule has 1 aliphatic heterocycles. The maximum absolute atomic E-state index is 11.7. The maximum atomic E-state index is 11.7. The molecule has 0 amide bonds. The second-order valence-electron chi connectivity index (χ2n) is 5.19. The number of methoxy groups -OCH3 is 1. The van der Waals surface area contributed by atoms with E-state index in [0.29, 0.717) is 31.8 Å². The third-order valence-electron chi connectivity index (χ3n) is 3.71. The number of esters is 1. The van der Waals surface area contributed by atoms with Gasteiger partial charge in [-0.15, -0.1) is 0 Å². The lowest BCUT2D eigenvalue weighted by Gasteiger charge is -2.42. The molecular formula is C13H24O4. The van der Waals surface area contributed by atoms with E-state index in [-0.39, 0.29) is 12.1 Å². The standard InChI is InChI=1S/C13H24O4/c1-5-10(12(14)16-4)13(15)6-7-17-11(8-13)9(2)3/h9-11,15H,5-8H2,1-4H3. The molecule has 0 spiro atoms. The number of hydrogen-bond acceptors (Lipinski definition) is 4. The van der Waals surface area contributed by atoms with Crippen LogP contribution in [0.2, 0.25) is 0 Å². The van der Waals surface area contributed by atoms with Crippen LogP contribution in [0.25, 0.3) is 0 Å². The fourth-order valence-corrected chi connectivity index (χ4v) is 2.55. The van der Waals surface area contributed by atoms with E-state index in [1.54, 1.807) is 0 Å². The SMILES string of the molecule is CCC(C(=O)OC)C1(O)CCOC(C(C)C)C1.